The Morgan fingerprint density at radius 2 is 1.79 bits per heavy atom. The van der Waals surface area contributed by atoms with Gasteiger partial charge in [-0.2, -0.15) is 0 Å². The van der Waals surface area contributed by atoms with Gasteiger partial charge in [-0.15, -0.1) is 0 Å². The van der Waals surface area contributed by atoms with E-state index in [4.69, 9.17) is 4.74 Å². The largest absolute Gasteiger partial charge is 0.497 e. The molecule has 5 rings (SSSR count). The number of carbonyl (C=O) groups is 2. The number of benzene rings is 2. The van der Waals surface area contributed by atoms with E-state index in [2.05, 4.69) is 34.2 Å². The number of methoxy groups -OCH3 is 1. The van der Waals surface area contributed by atoms with Gasteiger partial charge in [-0.3, -0.25) is 19.9 Å². The average molecular weight is 464 g/mol. The molecule has 3 aliphatic rings. The molecule has 3 fully saturated rings. The number of rotatable bonds is 4. The molecule has 3 amide bonds. The van der Waals surface area contributed by atoms with Gasteiger partial charge in [0.15, 0.2) is 0 Å². The number of anilines is 1. The lowest BCUT2D eigenvalue weighted by molar-refractivity contribution is -0.139. The smallest absolute Gasteiger partial charge is 0.328 e. The molecule has 8 nitrogen and oxygen atoms in total. The van der Waals surface area contributed by atoms with Gasteiger partial charge in [0.25, 0.3) is 5.91 Å². The van der Waals surface area contributed by atoms with Gasteiger partial charge < -0.3 is 14.5 Å². The molecule has 0 bridgehead atoms. The first-order valence-corrected chi connectivity index (χ1v) is 11.8. The molecule has 0 spiro atoms. The van der Waals surface area contributed by atoms with E-state index in [0.717, 1.165) is 41.2 Å². The minimum atomic E-state index is -0.429. The lowest BCUT2D eigenvalue weighted by Crippen LogP contribution is -2.66. The number of hydrogen-bond donors (Lipinski definition) is 1. The summed E-state index contributed by atoms with van der Waals surface area (Å²) < 4.78 is 5.32. The predicted molar refractivity (Wildman–Crippen MR) is 130 cm³/mol. The van der Waals surface area contributed by atoms with E-state index >= 15 is 0 Å². The maximum absolute atomic E-state index is 13.8. The maximum Gasteiger partial charge on any atom is 0.328 e. The van der Waals surface area contributed by atoms with Crippen LogP contribution in [0.4, 0.5) is 10.5 Å². The molecule has 0 saturated carbocycles. The van der Waals surface area contributed by atoms with E-state index in [-0.39, 0.29) is 30.9 Å². The van der Waals surface area contributed by atoms with Crippen molar-refractivity contribution in [1.29, 1.82) is 0 Å². The summed E-state index contributed by atoms with van der Waals surface area (Å²) in [6.07, 6.45) is -0.537. The monoisotopic (exact) mass is 463 g/mol. The minimum Gasteiger partial charge on any atom is -0.497 e. The lowest BCUT2D eigenvalue weighted by Gasteiger charge is -2.46. The highest BCUT2D eigenvalue weighted by molar-refractivity contribution is 6.00. The number of ether oxygens (including phenoxy) is 1. The fraction of sp³-hybridized carbons (Fsp3) is 0.462. The Morgan fingerprint density at radius 1 is 1.06 bits per heavy atom. The molecule has 180 valence electrons. The molecule has 0 aliphatic carbocycles. The molecule has 34 heavy (non-hydrogen) atoms. The summed E-state index contributed by atoms with van der Waals surface area (Å²) in [6, 6.07) is 13.5. The number of imide groups is 1. The van der Waals surface area contributed by atoms with Crippen LogP contribution in [-0.4, -0.2) is 72.4 Å². The Kier molecular flexibility index (Phi) is 5.73. The second kappa shape index (κ2) is 8.60. The summed E-state index contributed by atoms with van der Waals surface area (Å²) in [7, 11) is 3.44. The molecule has 2 aromatic rings. The zero-order chi connectivity index (χ0) is 24.1. The van der Waals surface area contributed by atoms with Crippen LogP contribution in [0.3, 0.4) is 0 Å². The number of urea groups is 1. The zero-order valence-corrected chi connectivity index (χ0v) is 20.5. The van der Waals surface area contributed by atoms with E-state index in [9.17, 15) is 9.59 Å². The van der Waals surface area contributed by atoms with Crippen LogP contribution in [0.15, 0.2) is 42.5 Å². The number of nitrogens with zero attached hydrogens (tertiary/aromatic N) is 4. The SMILES string of the molecule is COc1ccc(N2CC(C)CN3C4C(=O)N(Cc5cc(C)ccc5C)C(=O)N(C)C4NC23)cc1. The van der Waals surface area contributed by atoms with Gasteiger partial charge in [0.2, 0.25) is 0 Å². The molecule has 3 aliphatic heterocycles. The Hall–Kier alpha value is -3.10. The molecular weight excluding hydrogens is 430 g/mol. The summed E-state index contributed by atoms with van der Waals surface area (Å²) in [6.45, 7) is 8.19. The van der Waals surface area contributed by atoms with Crippen molar-refractivity contribution in [3.05, 3.63) is 59.2 Å². The molecule has 8 heteroatoms. The van der Waals surface area contributed by atoms with E-state index in [0.29, 0.717) is 5.92 Å². The zero-order valence-electron chi connectivity index (χ0n) is 20.5. The van der Waals surface area contributed by atoms with Crippen LogP contribution in [0.1, 0.15) is 23.6 Å². The van der Waals surface area contributed by atoms with Gasteiger partial charge in [-0.05, 0) is 55.2 Å². The second-order valence-electron chi connectivity index (χ2n) is 9.83. The Labute approximate surface area is 201 Å². The molecule has 4 unspecified atom stereocenters. The summed E-state index contributed by atoms with van der Waals surface area (Å²) >= 11 is 0. The summed E-state index contributed by atoms with van der Waals surface area (Å²) in [5.41, 5.74) is 4.26. The van der Waals surface area contributed by atoms with Crippen LogP contribution in [0.2, 0.25) is 0 Å². The van der Waals surface area contributed by atoms with E-state index in [1.165, 1.54) is 4.90 Å². The van der Waals surface area contributed by atoms with E-state index in [1.807, 2.05) is 44.2 Å². The van der Waals surface area contributed by atoms with Crippen molar-refractivity contribution in [2.75, 3.05) is 32.1 Å². The highest BCUT2D eigenvalue weighted by Gasteiger charge is 2.56. The number of nitrogens with one attached hydrogen (secondary N) is 1. The number of likely N-dealkylation sites (N-methyl/N-ethyl adjacent to an activating group) is 1. The van der Waals surface area contributed by atoms with Crippen LogP contribution in [-0.2, 0) is 11.3 Å². The fourth-order valence-electron chi connectivity index (χ4n) is 5.48. The molecule has 0 radical (unpaired) electrons. The standard InChI is InChI=1S/C26H33N5O3/c1-16-6-7-18(3)19(12-16)15-31-24(32)22-23(28(4)26(31)33)27-25-29(13-17(2)14-30(22)25)20-8-10-21(34-5)11-9-20/h6-12,17,22-23,25,27H,13-15H2,1-5H3. The summed E-state index contributed by atoms with van der Waals surface area (Å²) in [5, 5.41) is 3.59. The Balaban J connectivity index is 1.45. The van der Waals surface area contributed by atoms with Gasteiger partial charge in [0.1, 0.15) is 24.2 Å². The third kappa shape index (κ3) is 3.71. The number of amides is 3. The van der Waals surface area contributed by atoms with Crippen molar-refractivity contribution in [3.8, 4) is 5.75 Å². The van der Waals surface area contributed by atoms with Crippen LogP contribution in [0.5, 0.6) is 5.75 Å². The fourth-order valence-corrected chi connectivity index (χ4v) is 5.48. The third-order valence-electron chi connectivity index (χ3n) is 7.32. The van der Waals surface area contributed by atoms with Gasteiger partial charge in [0.05, 0.1) is 13.7 Å². The lowest BCUT2D eigenvalue weighted by atomic mass is 10.0. The molecular formula is C26H33N5O3. The van der Waals surface area contributed by atoms with E-state index < -0.39 is 6.04 Å². The molecule has 3 saturated heterocycles. The number of hydrogen-bond acceptors (Lipinski definition) is 6. The van der Waals surface area contributed by atoms with Crippen molar-refractivity contribution in [2.24, 2.45) is 5.92 Å². The van der Waals surface area contributed by atoms with Crippen LogP contribution in [0.25, 0.3) is 0 Å². The molecule has 4 atom stereocenters. The average Bonchev–Trinajstić information content (AvgIpc) is 3.21. The van der Waals surface area contributed by atoms with Gasteiger partial charge in [-0.25, -0.2) is 4.79 Å². The maximum atomic E-state index is 13.8. The third-order valence-corrected chi connectivity index (χ3v) is 7.32. The highest BCUT2D eigenvalue weighted by atomic mass is 16.5. The highest BCUT2D eigenvalue weighted by Crippen LogP contribution is 2.35. The van der Waals surface area contributed by atoms with Crippen LogP contribution >= 0.6 is 0 Å². The van der Waals surface area contributed by atoms with E-state index in [1.54, 1.807) is 19.1 Å². The van der Waals surface area contributed by atoms with Crippen molar-refractivity contribution >= 4 is 17.6 Å². The van der Waals surface area contributed by atoms with Crippen molar-refractivity contribution in [1.82, 2.24) is 20.0 Å². The summed E-state index contributed by atoms with van der Waals surface area (Å²) in [4.78, 5) is 34.7. The molecule has 2 aromatic carbocycles. The molecule has 1 N–H and O–H groups in total. The summed E-state index contributed by atoms with van der Waals surface area (Å²) in [5.74, 6) is 1.04. The second-order valence-corrected chi connectivity index (χ2v) is 9.83. The normalized spacial score (nSPS) is 27.1. The predicted octanol–water partition coefficient (Wildman–Crippen LogP) is 2.75. The quantitative estimate of drug-likeness (QED) is 0.752. The van der Waals surface area contributed by atoms with Crippen LogP contribution < -0.4 is 15.0 Å². The van der Waals surface area contributed by atoms with Gasteiger partial charge in [0, 0.05) is 25.8 Å². The first-order valence-electron chi connectivity index (χ1n) is 11.8. The number of fused-ring (bicyclic) bond motifs is 3. The van der Waals surface area contributed by atoms with Crippen molar-refractivity contribution in [3.63, 3.8) is 0 Å². The Morgan fingerprint density at radius 3 is 2.50 bits per heavy atom. The molecule has 0 aromatic heterocycles. The topological polar surface area (TPSA) is 68.4 Å². The van der Waals surface area contributed by atoms with Gasteiger partial charge >= 0.3 is 6.03 Å². The van der Waals surface area contributed by atoms with Crippen LogP contribution in [0, 0.1) is 19.8 Å². The molecule has 3 heterocycles. The van der Waals surface area contributed by atoms with Crippen molar-refractivity contribution < 1.29 is 14.3 Å². The number of aryl methyl sites for hydroxylation is 2. The minimum absolute atomic E-state index is 0.132. The van der Waals surface area contributed by atoms with Gasteiger partial charge in [-0.1, -0.05) is 30.7 Å². The number of carbonyl (C=O) groups excluding carboxylic acids is 2. The first kappa shape index (κ1) is 22.7. The van der Waals surface area contributed by atoms with Crippen molar-refractivity contribution in [2.45, 2.75) is 45.8 Å². The Bertz CT molecular complexity index is 1100. The first-order chi connectivity index (χ1) is 16.3.